The van der Waals surface area contributed by atoms with Gasteiger partial charge in [-0.25, -0.2) is 9.78 Å². The van der Waals surface area contributed by atoms with Gasteiger partial charge in [-0.15, -0.1) is 0 Å². The van der Waals surface area contributed by atoms with E-state index < -0.39 is 5.97 Å². The van der Waals surface area contributed by atoms with Crippen LogP contribution in [0.1, 0.15) is 29.8 Å². The van der Waals surface area contributed by atoms with Crippen LogP contribution in [0.4, 0.5) is 5.69 Å². The highest BCUT2D eigenvalue weighted by Crippen LogP contribution is 2.48. The van der Waals surface area contributed by atoms with Crippen molar-refractivity contribution in [2.75, 3.05) is 25.6 Å². The number of methoxy groups -OCH3 is 1. The second-order valence-electron chi connectivity index (χ2n) is 4.80. The van der Waals surface area contributed by atoms with Crippen molar-refractivity contribution in [1.29, 1.82) is 0 Å². The van der Waals surface area contributed by atoms with Crippen LogP contribution in [0.5, 0.6) is 0 Å². The number of nitrogens with one attached hydrogen (secondary N) is 1. The van der Waals surface area contributed by atoms with Crippen molar-refractivity contribution in [2.24, 2.45) is 5.41 Å². The molecule has 0 aromatic carbocycles. The molecule has 0 aliphatic heterocycles. The zero-order chi connectivity index (χ0) is 13.0. The van der Waals surface area contributed by atoms with Gasteiger partial charge in [0.15, 0.2) is 5.69 Å². The Kier molecular flexibility index (Phi) is 3.81. The summed E-state index contributed by atoms with van der Waals surface area (Å²) in [5, 5.41) is 12.2. The fourth-order valence-corrected chi connectivity index (χ4v) is 2.01. The first-order valence-corrected chi connectivity index (χ1v) is 6.08. The van der Waals surface area contributed by atoms with Crippen LogP contribution in [0, 0.1) is 5.41 Å². The Hall–Kier alpha value is -1.62. The van der Waals surface area contributed by atoms with Gasteiger partial charge >= 0.3 is 5.97 Å². The van der Waals surface area contributed by atoms with Gasteiger partial charge in [0, 0.05) is 26.5 Å². The average Bonchev–Trinajstić information content (AvgIpc) is 3.15. The van der Waals surface area contributed by atoms with Crippen LogP contribution in [-0.4, -0.2) is 36.3 Å². The second kappa shape index (κ2) is 5.35. The van der Waals surface area contributed by atoms with Crippen molar-refractivity contribution < 1.29 is 14.6 Å². The first kappa shape index (κ1) is 12.8. The molecule has 2 N–H and O–H groups in total. The number of hydrogen-bond donors (Lipinski definition) is 2. The van der Waals surface area contributed by atoms with E-state index in [1.54, 1.807) is 19.2 Å². The largest absolute Gasteiger partial charge is 0.476 e. The molecular formula is C13H18N2O3. The SMILES string of the molecule is COCCC1(CNc2cccnc2C(=O)O)CC1. The number of nitrogens with zero attached hydrogens (tertiary/aromatic N) is 1. The third-order valence-corrected chi connectivity index (χ3v) is 3.46. The number of pyridine rings is 1. The summed E-state index contributed by atoms with van der Waals surface area (Å²) in [6.07, 6.45) is 4.85. The van der Waals surface area contributed by atoms with Gasteiger partial charge in [0.25, 0.3) is 0 Å². The molecule has 0 amide bonds. The van der Waals surface area contributed by atoms with Gasteiger partial charge < -0.3 is 15.2 Å². The van der Waals surface area contributed by atoms with E-state index in [9.17, 15) is 4.79 Å². The van der Waals surface area contributed by atoms with Gasteiger partial charge in [-0.05, 0) is 36.8 Å². The Bertz CT molecular complexity index is 430. The molecular weight excluding hydrogens is 232 g/mol. The first-order chi connectivity index (χ1) is 8.67. The van der Waals surface area contributed by atoms with Crippen LogP contribution in [0.25, 0.3) is 0 Å². The minimum atomic E-state index is -1.00. The number of anilines is 1. The number of rotatable bonds is 7. The number of carboxylic acids is 1. The summed E-state index contributed by atoms with van der Waals surface area (Å²) in [5.74, 6) is -1.00. The van der Waals surface area contributed by atoms with Crippen LogP contribution in [0.2, 0.25) is 0 Å². The van der Waals surface area contributed by atoms with Crippen molar-refractivity contribution >= 4 is 11.7 Å². The lowest BCUT2D eigenvalue weighted by Gasteiger charge is -2.17. The Morgan fingerprint density at radius 1 is 1.61 bits per heavy atom. The molecule has 0 atom stereocenters. The maximum absolute atomic E-state index is 11.0. The molecule has 1 saturated carbocycles. The number of aromatic carboxylic acids is 1. The molecule has 1 fully saturated rings. The minimum Gasteiger partial charge on any atom is -0.476 e. The maximum atomic E-state index is 11.0. The minimum absolute atomic E-state index is 0.0834. The van der Waals surface area contributed by atoms with Crippen molar-refractivity contribution in [3.8, 4) is 0 Å². The van der Waals surface area contributed by atoms with E-state index in [0.29, 0.717) is 5.69 Å². The maximum Gasteiger partial charge on any atom is 0.356 e. The topological polar surface area (TPSA) is 71.5 Å². The highest BCUT2D eigenvalue weighted by Gasteiger charge is 2.41. The highest BCUT2D eigenvalue weighted by atomic mass is 16.5. The standard InChI is InChI=1S/C13H18N2O3/c1-18-8-6-13(4-5-13)9-15-10-3-2-7-14-11(10)12(16)17/h2-3,7,15H,4-6,8-9H2,1H3,(H,16,17). The quantitative estimate of drug-likeness (QED) is 0.774. The fraction of sp³-hybridized carbons (Fsp3) is 0.538. The average molecular weight is 250 g/mol. The Morgan fingerprint density at radius 3 is 3.00 bits per heavy atom. The molecule has 0 radical (unpaired) electrons. The monoisotopic (exact) mass is 250 g/mol. The second-order valence-corrected chi connectivity index (χ2v) is 4.80. The number of hydrogen-bond acceptors (Lipinski definition) is 4. The molecule has 1 heterocycles. The summed E-state index contributed by atoms with van der Waals surface area (Å²) >= 11 is 0. The van der Waals surface area contributed by atoms with Crippen molar-refractivity contribution in [3.05, 3.63) is 24.0 Å². The Labute approximate surface area is 106 Å². The Balaban J connectivity index is 1.96. The van der Waals surface area contributed by atoms with Crippen LogP contribution in [-0.2, 0) is 4.74 Å². The van der Waals surface area contributed by atoms with Gasteiger partial charge in [0.2, 0.25) is 0 Å². The molecule has 2 rings (SSSR count). The van der Waals surface area contributed by atoms with E-state index in [-0.39, 0.29) is 11.1 Å². The van der Waals surface area contributed by atoms with Gasteiger partial charge in [0.1, 0.15) is 0 Å². The lowest BCUT2D eigenvalue weighted by Crippen LogP contribution is -2.19. The highest BCUT2D eigenvalue weighted by molar-refractivity contribution is 5.91. The number of ether oxygens (including phenoxy) is 1. The molecule has 98 valence electrons. The van der Waals surface area contributed by atoms with E-state index in [2.05, 4.69) is 10.3 Å². The Morgan fingerprint density at radius 2 is 2.39 bits per heavy atom. The van der Waals surface area contributed by atoms with Crippen molar-refractivity contribution in [3.63, 3.8) is 0 Å². The normalized spacial score (nSPS) is 16.3. The van der Waals surface area contributed by atoms with Gasteiger partial charge in [-0.1, -0.05) is 0 Å². The zero-order valence-corrected chi connectivity index (χ0v) is 10.5. The predicted octanol–water partition coefficient (Wildman–Crippen LogP) is 2.01. The van der Waals surface area contributed by atoms with Crippen LogP contribution < -0.4 is 5.32 Å². The summed E-state index contributed by atoms with van der Waals surface area (Å²) in [7, 11) is 1.70. The molecule has 5 heteroatoms. The van der Waals surface area contributed by atoms with Crippen molar-refractivity contribution in [1.82, 2.24) is 4.98 Å². The molecule has 1 aliphatic carbocycles. The molecule has 1 aromatic heterocycles. The fourth-order valence-electron chi connectivity index (χ4n) is 2.01. The molecule has 1 aliphatic rings. The first-order valence-electron chi connectivity index (χ1n) is 6.08. The number of aromatic nitrogens is 1. The molecule has 0 spiro atoms. The van der Waals surface area contributed by atoms with Crippen molar-refractivity contribution in [2.45, 2.75) is 19.3 Å². The van der Waals surface area contributed by atoms with Crippen LogP contribution >= 0.6 is 0 Å². The third kappa shape index (κ3) is 2.98. The van der Waals surface area contributed by atoms with Crippen LogP contribution in [0.3, 0.4) is 0 Å². The molecule has 18 heavy (non-hydrogen) atoms. The van der Waals surface area contributed by atoms with E-state index in [4.69, 9.17) is 9.84 Å². The zero-order valence-electron chi connectivity index (χ0n) is 10.5. The summed E-state index contributed by atoms with van der Waals surface area (Å²) in [5.41, 5.74) is 0.954. The van der Waals surface area contributed by atoms with E-state index >= 15 is 0 Å². The van der Waals surface area contributed by atoms with Gasteiger partial charge in [-0.2, -0.15) is 0 Å². The lowest BCUT2D eigenvalue weighted by molar-refractivity contribution is 0.0691. The van der Waals surface area contributed by atoms with E-state index in [1.165, 1.54) is 19.0 Å². The van der Waals surface area contributed by atoms with Gasteiger partial charge in [0.05, 0.1) is 5.69 Å². The smallest absolute Gasteiger partial charge is 0.356 e. The molecule has 0 saturated heterocycles. The summed E-state index contributed by atoms with van der Waals surface area (Å²) in [6.45, 7) is 1.53. The third-order valence-electron chi connectivity index (χ3n) is 3.46. The molecule has 1 aromatic rings. The summed E-state index contributed by atoms with van der Waals surface area (Å²) in [4.78, 5) is 14.9. The number of carbonyl (C=O) groups is 1. The summed E-state index contributed by atoms with van der Waals surface area (Å²) < 4.78 is 5.10. The van der Waals surface area contributed by atoms with Crippen LogP contribution in [0.15, 0.2) is 18.3 Å². The van der Waals surface area contributed by atoms with Gasteiger partial charge in [-0.3, -0.25) is 0 Å². The molecule has 0 bridgehead atoms. The predicted molar refractivity (Wildman–Crippen MR) is 67.8 cm³/mol. The van der Waals surface area contributed by atoms with E-state index in [1.807, 2.05) is 0 Å². The molecule has 5 nitrogen and oxygen atoms in total. The van der Waals surface area contributed by atoms with E-state index in [0.717, 1.165) is 19.6 Å². The summed E-state index contributed by atoms with van der Waals surface area (Å²) in [6, 6.07) is 3.49. The lowest BCUT2D eigenvalue weighted by atomic mass is 10.0. The number of carboxylic acid groups (broad SMARTS) is 1. The molecule has 0 unspecified atom stereocenters.